The molecule has 0 nitrogen and oxygen atoms in total. The second kappa shape index (κ2) is 5.13. The molecule has 0 aromatic heterocycles. The van der Waals surface area contributed by atoms with Gasteiger partial charge >= 0.3 is 0 Å². The van der Waals surface area contributed by atoms with Crippen molar-refractivity contribution < 1.29 is 4.39 Å². The van der Waals surface area contributed by atoms with Crippen molar-refractivity contribution in [3.05, 3.63) is 59.4 Å². The van der Waals surface area contributed by atoms with Crippen LogP contribution in [-0.4, -0.2) is 0 Å². The first-order valence-electron chi connectivity index (χ1n) is 6.12. The second-order valence-corrected chi connectivity index (χ2v) is 4.22. The summed E-state index contributed by atoms with van der Waals surface area (Å²) in [6.07, 6.45) is 1.88. The van der Waals surface area contributed by atoms with Gasteiger partial charge in [0.25, 0.3) is 0 Å². The Labute approximate surface area is 102 Å². The van der Waals surface area contributed by atoms with Crippen LogP contribution < -0.4 is 0 Å². The lowest BCUT2D eigenvalue weighted by Crippen LogP contribution is -1.88. The number of hydrogen-bond acceptors (Lipinski definition) is 0. The first-order chi connectivity index (χ1) is 8.24. The maximum absolute atomic E-state index is 13.9. The molecule has 0 saturated carbocycles. The highest BCUT2D eigenvalue weighted by Gasteiger charge is 2.05. The van der Waals surface area contributed by atoms with Crippen LogP contribution in [0.4, 0.5) is 4.39 Å². The summed E-state index contributed by atoms with van der Waals surface area (Å²) < 4.78 is 13.9. The van der Waals surface area contributed by atoms with Crippen molar-refractivity contribution in [1.82, 2.24) is 0 Å². The van der Waals surface area contributed by atoms with Gasteiger partial charge in [-0.1, -0.05) is 50.2 Å². The number of hydrogen-bond donors (Lipinski definition) is 0. The summed E-state index contributed by atoms with van der Waals surface area (Å²) in [6, 6.07) is 13.6. The van der Waals surface area contributed by atoms with Crippen molar-refractivity contribution in [3.8, 4) is 11.1 Å². The molecule has 2 aromatic rings. The molecule has 0 spiro atoms. The fraction of sp³-hybridized carbons (Fsp3) is 0.250. The molecule has 0 saturated heterocycles. The number of benzene rings is 2. The molecule has 0 N–H and O–H groups in total. The molecule has 0 fully saturated rings. The summed E-state index contributed by atoms with van der Waals surface area (Å²) in [7, 11) is 0. The Hall–Kier alpha value is -1.63. The minimum absolute atomic E-state index is 0.131. The zero-order valence-corrected chi connectivity index (χ0v) is 10.3. The van der Waals surface area contributed by atoms with Crippen LogP contribution in [-0.2, 0) is 12.8 Å². The van der Waals surface area contributed by atoms with Crippen molar-refractivity contribution in [2.75, 3.05) is 0 Å². The summed E-state index contributed by atoms with van der Waals surface area (Å²) in [5, 5.41) is 0. The molecular formula is C16H17F. The normalized spacial score (nSPS) is 10.5. The molecule has 0 unspecified atom stereocenters. The summed E-state index contributed by atoms with van der Waals surface area (Å²) in [4.78, 5) is 0. The van der Waals surface area contributed by atoms with Gasteiger partial charge in [-0.2, -0.15) is 0 Å². The van der Waals surface area contributed by atoms with Gasteiger partial charge in [-0.15, -0.1) is 0 Å². The second-order valence-electron chi connectivity index (χ2n) is 4.22. The lowest BCUT2D eigenvalue weighted by atomic mass is 10.0. The molecule has 0 atom stereocenters. The lowest BCUT2D eigenvalue weighted by Gasteiger charge is -2.06. The van der Waals surface area contributed by atoms with Crippen molar-refractivity contribution >= 4 is 0 Å². The molecule has 0 radical (unpaired) electrons. The summed E-state index contributed by atoms with van der Waals surface area (Å²) >= 11 is 0. The fourth-order valence-electron chi connectivity index (χ4n) is 1.93. The monoisotopic (exact) mass is 228 g/mol. The van der Waals surface area contributed by atoms with Crippen LogP contribution in [0, 0.1) is 5.82 Å². The van der Waals surface area contributed by atoms with Crippen molar-refractivity contribution in [3.63, 3.8) is 0 Å². The Morgan fingerprint density at radius 2 is 1.41 bits per heavy atom. The van der Waals surface area contributed by atoms with Crippen LogP contribution in [0.1, 0.15) is 25.0 Å². The van der Waals surface area contributed by atoms with Crippen LogP contribution in [0.15, 0.2) is 42.5 Å². The predicted octanol–water partition coefficient (Wildman–Crippen LogP) is 4.62. The van der Waals surface area contributed by atoms with Crippen LogP contribution in [0.2, 0.25) is 0 Å². The van der Waals surface area contributed by atoms with Gasteiger partial charge in [0.2, 0.25) is 0 Å². The molecule has 88 valence electrons. The van der Waals surface area contributed by atoms with E-state index in [1.807, 2.05) is 31.2 Å². The Morgan fingerprint density at radius 1 is 0.824 bits per heavy atom. The molecule has 0 bridgehead atoms. The van der Waals surface area contributed by atoms with E-state index < -0.39 is 0 Å². The van der Waals surface area contributed by atoms with E-state index in [2.05, 4.69) is 19.1 Å². The maximum atomic E-state index is 13.9. The van der Waals surface area contributed by atoms with Gasteiger partial charge in [0.05, 0.1) is 0 Å². The molecule has 2 rings (SSSR count). The van der Waals surface area contributed by atoms with E-state index in [-0.39, 0.29) is 5.82 Å². The zero-order valence-electron chi connectivity index (χ0n) is 10.3. The molecule has 0 aliphatic rings. The van der Waals surface area contributed by atoms with Crippen LogP contribution in [0.25, 0.3) is 11.1 Å². The zero-order chi connectivity index (χ0) is 12.3. The number of rotatable bonds is 3. The van der Waals surface area contributed by atoms with Gasteiger partial charge in [0.1, 0.15) is 5.82 Å². The summed E-state index contributed by atoms with van der Waals surface area (Å²) in [5.41, 5.74) is 3.95. The van der Waals surface area contributed by atoms with E-state index in [0.717, 1.165) is 24.0 Å². The Balaban J connectivity index is 2.38. The highest BCUT2D eigenvalue weighted by molar-refractivity contribution is 5.64. The lowest BCUT2D eigenvalue weighted by molar-refractivity contribution is 0.629. The highest BCUT2D eigenvalue weighted by Crippen LogP contribution is 2.24. The average molecular weight is 228 g/mol. The van der Waals surface area contributed by atoms with E-state index in [0.29, 0.717) is 5.56 Å². The van der Waals surface area contributed by atoms with E-state index in [4.69, 9.17) is 0 Å². The van der Waals surface area contributed by atoms with Crippen molar-refractivity contribution in [1.29, 1.82) is 0 Å². The third-order valence-corrected chi connectivity index (χ3v) is 3.11. The van der Waals surface area contributed by atoms with Gasteiger partial charge in [-0.3, -0.25) is 0 Å². The highest BCUT2D eigenvalue weighted by atomic mass is 19.1. The third kappa shape index (κ3) is 2.55. The SMILES string of the molecule is CCc1ccc(-c2ccc(CC)cc2F)cc1. The van der Waals surface area contributed by atoms with Crippen LogP contribution in [0.5, 0.6) is 0 Å². The molecule has 17 heavy (non-hydrogen) atoms. The number of aryl methyl sites for hydroxylation is 2. The minimum Gasteiger partial charge on any atom is -0.206 e. The van der Waals surface area contributed by atoms with Crippen molar-refractivity contribution in [2.24, 2.45) is 0 Å². The minimum atomic E-state index is -0.131. The first-order valence-corrected chi connectivity index (χ1v) is 6.12. The van der Waals surface area contributed by atoms with E-state index in [1.54, 1.807) is 6.07 Å². The predicted molar refractivity (Wildman–Crippen MR) is 70.6 cm³/mol. The number of halogens is 1. The Kier molecular flexibility index (Phi) is 3.58. The first kappa shape index (κ1) is 11.8. The summed E-state index contributed by atoms with van der Waals surface area (Å²) in [5.74, 6) is -0.131. The molecule has 0 heterocycles. The van der Waals surface area contributed by atoms with Gasteiger partial charge in [-0.25, -0.2) is 4.39 Å². The molecule has 0 amide bonds. The van der Waals surface area contributed by atoms with Gasteiger partial charge in [0, 0.05) is 5.56 Å². The van der Waals surface area contributed by atoms with Gasteiger partial charge in [-0.05, 0) is 35.6 Å². The third-order valence-electron chi connectivity index (χ3n) is 3.11. The van der Waals surface area contributed by atoms with E-state index >= 15 is 0 Å². The van der Waals surface area contributed by atoms with E-state index in [1.165, 1.54) is 5.56 Å². The van der Waals surface area contributed by atoms with E-state index in [9.17, 15) is 4.39 Å². The molecule has 2 aromatic carbocycles. The summed E-state index contributed by atoms with van der Waals surface area (Å²) in [6.45, 7) is 4.15. The molecule has 0 aliphatic heterocycles. The topological polar surface area (TPSA) is 0 Å². The largest absolute Gasteiger partial charge is 0.206 e. The maximum Gasteiger partial charge on any atom is 0.131 e. The Morgan fingerprint density at radius 3 is 1.94 bits per heavy atom. The Bertz CT molecular complexity index is 497. The smallest absolute Gasteiger partial charge is 0.131 e. The fourth-order valence-corrected chi connectivity index (χ4v) is 1.93. The standard InChI is InChI=1S/C16H17F/c1-3-12-5-8-14(9-6-12)15-10-7-13(4-2)11-16(15)17/h5-11H,3-4H2,1-2H3. The molecule has 0 aliphatic carbocycles. The van der Waals surface area contributed by atoms with Crippen LogP contribution in [0.3, 0.4) is 0 Å². The molecular weight excluding hydrogens is 211 g/mol. The average Bonchev–Trinajstić information content (AvgIpc) is 2.39. The van der Waals surface area contributed by atoms with Crippen molar-refractivity contribution in [2.45, 2.75) is 26.7 Å². The quantitative estimate of drug-likeness (QED) is 0.719. The molecule has 1 heteroatoms. The van der Waals surface area contributed by atoms with Crippen LogP contribution >= 0.6 is 0 Å². The van der Waals surface area contributed by atoms with Gasteiger partial charge in [0.15, 0.2) is 0 Å². The van der Waals surface area contributed by atoms with Gasteiger partial charge < -0.3 is 0 Å².